The molecule has 2 heterocycles. The summed E-state index contributed by atoms with van der Waals surface area (Å²) in [6, 6.07) is 12.5. The van der Waals surface area contributed by atoms with E-state index in [4.69, 9.17) is 9.47 Å². The lowest BCUT2D eigenvalue weighted by Crippen LogP contribution is -2.69. The van der Waals surface area contributed by atoms with E-state index in [-0.39, 0.29) is 29.2 Å². The molecule has 5 atom stereocenters. The molecule has 2 saturated carbocycles. The molecule has 7 rings (SSSR count). The van der Waals surface area contributed by atoms with Crippen LogP contribution in [0, 0.1) is 11.8 Å². The average Bonchev–Trinajstić information content (AvgIpc) is 3.80. The number of benzene rings is 2. The first-order chi connectivity index (χ1) is 22.4. The number of aryl methyl sites for hydroxylation is 1. The Morgan fingerprint density at radius 2 is 1.89 bits per heavy atom. The van der Waals surface area contributed by atoms with Crippen molar-refractivity contribution in [1.82, 2.24) is 9.80 Å². The second-order valence-corrected chi connectivity index (χ2v) is 14.8. The summed E-state index contributed by atoms with van der Waals surface area (Å²) >= 11 is 0. The van der Waals surface area contributed by atoms with Crippen LogP contribution in [0.15, 0.2) is 36.4 Å². The normalized spacial score (nSPS) is 27.5. The maximum Gasteiger partial charge on any atom is 0.308 e. The monoisotopic (exact) mass is 628 g/mol. The molecule has 1 spiro atoms. The molecule has 3 fully saturated rings. The van der Waals surface area contributed by atoms with Crippen molar-refractivity contribution in [3.63, 3.8) is 0 Å². The molecule has 2 bridgehead atoms. The van der Waals surface area contributed by atoms with Gasteiger partial charge in [0, 0.05) is 55.1 Å². The number of likely N-dealkylation sites (tertiary alicyclic amines) is 1. The van der Waals surface area contributed by atoms with E-state index in [1.54, 1.807) is 6.07 Å². The number of carbonyl (C=O) groups is 2. The number of esters is 1. The molecule has 0 aromatic heterocycles. The van der Waals surface area contributed by atoms with Gasteiger partial charge in [-0.3, -0.25) is 14.5 Å². The SMILES string of the molecule is CCCCCN(C(=O)CCCCCc1ccccc1)[C@H]1CC[C@H]2[C@H]3Cc4c(O)cc(OC(C)=O)c5c4[C@@]2(CCN3CC2CC2)[C@H]1O5. The number of phenols is 1. The van der Waals surface area contributed by atoms with E-state index in [0.29, 0.717) is 29.9 Å². The fourth-order valence-corrected chi connectivity index (χ4v) is 9.64. The number of amides is 1. The zero-order valence-electron chi connectivity index (χ0n) is 27.8. The van der Waals surface area contributed by atoms with Gasteiger partial charge in [0.05, 0.1) is 6.04 Å². The van der Waals surface area contributed by atoms with Crippen LogP contribution in [0.3, 0.4) is 0 Å². The van der Waals surface area contributed by atoms with E-state index in [0.717, 1.165) is 107 Å². The molecule has 2 aliphatic heterocycles. The zero-order chi connectivity index (χ0) is 31.8. The Bertz CT molecular complexity index is 1420. The largest absolute Gasteiger partial charge is 0.508 e. The van der Waals surface area contributed by atoms with Gasteiger partial charge in [0.2, 0.25) is 5.91 Å². The Morgan fingerprint density at radius 1 is 1.07 bits per heavy atom. The second-order valence-electron chi connectivity index (χ2n) is 14.8. The lowest BCUT2D eigenvalue weighted by atomic mass is 9.50. The van der Waals surface area contributed by atoms with Crippen LogP contribution in [0.1, 0.15) is 108 Å². The number of hydrogen-bond acceptors (Lipinski definition) is 6. The van der Waals surface area contributed by atoms with E-state index in [2.05, 4.69) is 47.1 Å². The molecule has 248 valence electrons. The number of ether oxygens (including phenoxy) is 2. The number of unbranched alkanes of at least 4 members (excludes halogenated alkanes) is 4. The topological polar surface area (TPSA) is 79.3 Å². The molecule has 3 aliphatic carbocycles. The van der Waals surface area contributed by atoms with Crippen molar-refractivity contribution in [3.8, 4) is 17.2 Å². The molecule has 5 aliphatic rings. The second kappa shape index (κ2) is 13.2. The van der Waals surface area contributed by atoms with E-state index in [9.17, 15) is 14.7 Å². The third-order valence-corrected chi connectivity index (χ3v) is 11.9. The summed E-state index contributed by atoms with van der Waals surface area (Å²) in [5, 5.41) is 11.4. The predicted octanol–water partition coefficient (Wildman–Crippen LogP) is 6.96. The van der Waals surface area contributed by atoms with Crippen LogP contribution in [0.2, 0.25) is 0 Å². The van der Waals surface area contributed by atoms with Crippen molar-refractivity contribution in [2.45, 2.75) is 127 Å². The maximum atomic E-state index is 14.2. The van der Waals surface area contributed by atoms with Crippen molar-refractivity contribution in [1.29, 1.82) is 0 Å². The fourth-order valence-electron chi connectivity index (χ4n) is 9.64. The summed E-state index contributed by atoms with van der Waals surface area (Å²) in [4.78, 5) is 31.3. The standard InChI is InChI=1S/C39H52N2O5/c1-3-4-11-21-41(35(44)15-10-6-9-14-27-12-7-5-8-13-27)31-19-18-30-32-23-29-33(43)24-34(45-26(2)42)37-36(29)39(30,38(31)46-37)20-22-40(32)25-28-16-17-28/h5,7-8,12-13,24,28,30-32,38,43H,3-4,6,9-11,14-23,25H2,1-2H3/t30-,31-,32+,38-,39-/m0/s1. The highest BCUT2D eigenvalue weighted by molar-refractivity contribution is 5.77. The first-order valence-electron chi connectivity index (χ1n) is 18.2. The van der Waals surface area contributed by atoms with Crippen LogP contribution in [0.5, 0.6) is 17.2 Å². The third-order valence-electron chi connectivity index (χ3n) is 11.9. The minimum Gasteiger partial charge on any atom is -0.508 e. The maximum absolute atomic E-state index is 14.2. The van der Waals surface area contributed by atoms with Crippen molar-refractivity contribution < 1.29 is 24.2 Å². The number of carbonyl (C=O) groups excluding carboxylic acids is 2. The highest BCUT2D eigenvalue weighted by Gasteiger charge is 2.67. The minimum absolute atomic E-state index is 0.0359. The minimum atomic E-state index is -0.420. The highest BCUT2D eigenvalue weighted by Crippen LogP contribution is 2.66. The first kappa shape index (κ1) is 31.5. The summed E-state index contributed by atoms with van der Waals surface area (Å²) in [6.45, 7) is 6.52. The Morgan fingerprint density at radius 3 is 2.65 bits per heavy atom. The van der Waals surface area contributed by atoms with Gasteiger partial charge in [-0.05, 0) is 88.2 Å². The average molecular weight is 629 g/mol. The van der Waals surface area contributed by atoms with E-state index in [1.165, 1.54) is 25.3 Å². The summed E-state index contributed by atoms with van der Waals surface area (Å²) < 4.78 is 12.7. The van der Waals surface area contributed by atoms with Gasteiger partial charge in [0.1, 0.15) is 11.9 Å². The van der Waals surface area contributed by atoms with Crippen molar-refractivity contribution in [2.24, 2.45) is 11.8 Å². The molecule has 0 unspecified atom stereocenters. The van der Waals surface area contributed by atoms with Gasteiger partial charge in [-0.25, -0.2) is 0 Å². The van der Waals surface area contributed by atoms with E-state index < -0.39 is 5.97 Å². The summed E-state index contributed by atoms with van der Waals surface area (Å²) in [5.74, 6) is 2.20. The van der Waals surface area contributed by atoms with E-state index >= 15 is 0 Å². The van der Waals surface area contributed by atoms with Crippen molar-refractivity contribution in [2.75, 3.05) is 19.6 Å². The first-order valence-corrected chi connectivity index (χ1v) is 18.2. The van der Waals surface area contributed by atoms with Crippen LogP contribution < -0.4 is 9.47 Å². The van der Waals surface area contributed by atoms with Crippen LogP contribution in [-0.2, 0) is 27.8 Å². The molecular weight excluding hydrogens is 576 g/mol. The van der Waals surface area contributed by atoms with Crippen molar-refractivity contribution >= 4 is 11.9 Å². The summed E-state index contributed by atoms with van der Waals surface area (Å²) in [6.07, 6.45) is 14.0. The molecule has 2 aromatic rings. The number of rotatable bonds is 14. The molecule has 1 amide bonds. The molecule has 1 N–H and O–H groups in total. The number of hydrogen-bond donors (Lipinski definition) is 1. The molecule has 46 heavy (non-hydrogen) atoms. The smallest absolute Gasteiger partial charge is 0.308 e. The number of phenolic OH excluding ortho intramolecular Hbond substituents is 1. The van der Waals surface area contributed by atoms with Crippen LogP contribution in [0.25, 0.3) is 0 Å². The van der Waals surface area contributed by atoms with Gasteiger partial charge in [0.25, 0.3) is 0 Å². The number of piperidine rings is 1. The summed E-state index contributed by atoms with van der Waals surface area (Å²) in [7, 11) is 0. The quantitative estimate of drug-likeness (QED) is 0.139. The number of nitrogens with zero attached hydrogens (tertiary/aromatic N) is 2. The molecule has 0 radical (unpaired) electrons. The lowest BCUT2D eigenvalue weighted by Gasteiger charge is -2.60. The molecule has 7 heteroatoms. The molecule has 2 aromatic carbocycles. The van der Waals surface area contributed by atoms with Crippen LogP contribution >= 0.6 is 0 Å². The Kier molecular flexibility index (Phi) is 9.06. The van der Waals surface area contributed by atoms with Gasteiger partial charge in [-0.2, -0.15) is 0 Å². The van der Waals surface area contributed by atoms with Gasteiger partial charge in [-0.15, -0.1) is 0 Å². The van der Waals surface area contributed by atoms with Gasteiger partial charge in [-0.1, -0.05) is 56.5 Å². The third kappa shape index (κ3) is 5.82. The van der Waals surface area contributed by atoms with Gasteiger partial charge >= 0.3 is 5.97 Å². The van der Waals surface area contributed by atoms with Crippen molar-refractivity contribution in [3.05, 3.63) is 53.1 Å². The van der Waals surface area contributed by atoms with Gasteiger partial charge in [0.15, 0.2) is 11.5 Å². The fraction of sp³-hybridized carbons (Fsp3) is 0.641. The zero-order valence-corrected chi connectivity index (χ0v) is 27.8. The van der Waals surface area contributed by atoms with Gasteiger partial charge < -0.3 is 19.5 Å². The Balaban J connectivity index is 1.16. The molecule has 1 saturated heterocycles. The highest BCUT2D eigenvalue weighted by atomic mass is 16.6. The van der Waals surface area contributed by atoms with Crippen LogP contribution in [-0.4, -0.2) is 64.6 Å². The lowest BCUT2D eigenvalue weighted by molar-refractivity contribution is -0.143. The predicted molar refractivity (Wildman–Crippen MR) is 178 cm³/mol. The number of aromatic hydroxyl groups is 1. The Labute approximate surface area is 274 Å². The van der Waals surface area contributed by atoms with E-state index in [1.807, 2.05) is 0 Å². The molecular formula is C39H52N2O5. The van der Waals surface area contributed by atoms with Crippen LogP contribution in [0.4, 0.5) is 0 Å². The summed E-state index contributed by atoms with van der Waals surface area (Å²) in [5.41, 5.74) is 3.12. The molecule has 7 nitrogen and oxygen atoms in total. The Hall–Kier alpha value is -3.06.